The van der Waals surface area contributed by atoms with Gasteiger partial charge in [-0.05, 0) is 29.3 Å². The number of thiocarbonyl (C=S) groups is 1. The van der Waals surface area contributed by atoms with Gasteiger partial charge in [0.15, 0.2) is 5.11 Å². The molecule has 0 saturated heterocycles. The van der Waals surface area contributed by atoms with Crippen molar-refractivity contribution >= 4 is 17.3 Å². The molecule has 0 fully saturated rings. The molecule has 1 aliphatic heterocycles. The van der Waals surface area contributed by atoms with E-state index in [0.29, 0.717) is 16.6 Å². The smallest absolute Gasteiger partial charge is 0.171 e. The lowest BCUT2D eigenvalue weighted by molar-refractivity contribution is 0.462. The van der Waals surface area contributed by atoms with Crippen molar-refractivity contribution < 1.29 is 0 Å². The SMILES string of the molecule is CC(C)c1ccc([C@@H]2NC(=S)NC(C(C)(C)C)=C2C#N)cc1. The molecule has 0 amide bonds. The number of hydrogen-bond donors (Lipinski definition) is 2. The molecule has 0 spiro atoms. The van der Waals surface area contributed by atoms with Crippen molar-refractivity contribution in [3.63, 3.8) is 0 Å². The molecule has 0 aromatic heterocycles. The molecule has 0 saturated carbocycles. The second-order valence-electron chi connectivity index (χ2n) is 7.00. The van der Waals surface area contributed by atoms with E-state index in [1.165, 1.54) is 5.56 Å². The zero-order valence-electron chi connectivity index (χ0n) is 13.8. The average molecular weight is 313 g/mol. The molecule has 1 atom stereocenters. The summed E-state index contributed by atoms with van der Waals surface area (Å²) in [5.74, 6) is 0.493. The molecule has 1 aromatic rings. The van der Waals surface area contributed by atoms with Crippen LogP contribution in [-0.4, -0.2) is 5.11 Å². The van der Waals surface area contributed by atoms with Crippen LogP contribution in [0.3, 0.4) is 0 Å². The van der Waals surface area contributed by atoms with E-state index in [2.05, 4.69) is 75.6 Å². The van der Waals surface area contributed by atoms with Gasteiger partial charge in [-0.15, -0.1) is 0 Å². The highest BCUT2D eigenvalue weighted by atomic mass is 32.1. The topological polar surface area (TPSA) is 47.8 Å². The molecule has 1 aromatic carbocycles. The van der Waals surface area contributed by atoms with Crippen molar-refractivity contribution in [3.8, 4) is 6.07 Å². The summed E-state index contributed by atoms with van der Waals surface area (Å²) in [5, 5.41) is 16.6. The van der Waals surface area contributed by atoms with E-state index in [4.69, 9.17) is 12.2 Å². The molecule has 1 aliphatic rings. The first-order valence-corrected chi connectivity index (χ1v) is 7.97. The Morgan fingerprint density at radius 3 is 2.23 bits per heavy atom. The van der Waals surface area contributed by atoms with Gasteiger partial charge in [-0.1, -0.05) is 58.9 Å². The third kappa shape index (κ3) is 3.31. The van der Waals surface area contributed by atoms with E-state index in [0.717, 1.165) is 11.3 Å². The van der Waals surface area contributed by atoms with Crippen LogP contribution in [0.15, 0.2) is 35.5 Å². The standard InChI is InChI=1S/C18H23N3S/c1-11(2)12-6-8-13(9-7-12)15-14(10-19)16(18(3,4)5)21-17(22)20-15/h6-9,11,15H,1-5H3,(H2,20,21,22)/t15-/m0/s1. The minimum absolute atomic E-state index is 0.159. The maximum absolute atomic E-state index is 9.65. The van der Waals surface area contributed by atoms with E-state index < -0.39 is 0 Å². The molecule has 0 aliphatic carbocycles. The molecule has 4 heteroatoms. The molecule has 0 bridgehead atoms. The molecule has 22 heavy (non-hydrogen) atoms. The fourth-order valence-electron chi connectivity index (χ4n) is 2.60. The predicted molar refractivity (Wildman–Crippen MR) is 94.2 cm³/mol. The number of hydrogen-bond acceptors (Lipinski definition) is 2. The maximum Gasteiger partial charge on any atom is 0.171 e. The minimum Gasteiger partial charge on any atom is -0.351 e. The average Bonchev–Trinajstić information content (AvgIpc) is 2.45. The van der Waals surface area contributed by atoms with Crippen LogP contribution >= 0.6 is 12.2 Å². The zero-order chi connectivity index (χ0) is 16.5. The monoisotopic (exact) mass is 313 g/mol. The van der Waals surface area contributed by atoms with Gasteiger partial charge in [0.2, 0.25) is 0 Å². The van der Waals surface area contributed by atoms with Gasteiger partial charge in [-0.2, -0.15) is 5.26 Å². The van der Waals surface area contributed by atoms with Crippen molar-refractivity contribution in [1.82, 2.24) is 10.6 Å². The predicted octanol–water partition coefficient (Wildman–Crippen LogP) is 4.15. The van der Waals surface area contributed by atoms with Gasteiger partial charge < -0.3 is 10.6 Å². The van der Waals surface area contributed by atoms with Crippen molar-refractivity contribution in [2.45, 2.75) is 46.6 Å². The van der Waals surface area contributed by atoms with Crippen molar-refractivity contribution in [3.05, 3.63) is 46.7 Å². The highest BCUT2D eigenvalue weighted by Crippen LogP contribution is 2.34. The van der Waals surface area contributed by atoms with Crippen molar-refractivity contribution in [2.24, 2.45) is 5.41 Å². The van der Waals surface area contributed by atoms with Gasteiger partial charge in [0, 0.05) is 11.1 Å². The van der Waals surface area contributed by atoms with Crippen molar-refractivity contribution in [1.29, 1.82) is 5.26 Å². The van der Waals surface area contributed by atoms with Crippen LogP contribution in [0.2, 0.25) is 0 Å². The van der Waals surface area contributed by atoms with E-state index in [1.807, 2.05) is 0 Å². The first-order valence-electron chi connectivity index (χ1n) is 7.56. The largest absolute Gasteiger partial charge is 0.351 e. The summed E-state index contributed by atoms with van der Waals surface area (Å²) in [6.45, 7) is 10.6. The summed E-state index contributed by atoms with van der Waals surface area (Å²) < 4.78 is 0. The summed E-state index contributed by atoms with van der Waals surface area (Å²) in [5.41, 5.74) is 3.80. The Kier molecular flexibility index (Phi) is 4.58. The highest BCUT2D eigenvalue weighted by Gasteiger charge is 2.32. The zero-order valence-corrected chi connectivity index (χ0v) is 14.6. The Hall–Kier alpha value is -1.86. The van der Waals surface area contributed by atoms with Gasteiger partial charge >= 0.3 is 0 Å². The Morgan fingerprint density at radius 2 is 1.77 bits per heavy atom. The fraction of sp³-hybridized carbons (Fsp3) is 0.444. The highest BCUT2D eigenvalue weighted by molar-refractivity contribution is 7.80. The summed E-state index contributed by atoms with van der Waals surface area (Å²) in [7, 11) is 0. The third-order valence-electron chi connectivity index (χ3n) is 3.88. The molecule has 116 valence electrons. The van der Waals surface area contributed by atoms with Gasteiger partial charge in [-0.3, -0.25) is 0 Å². The second-order valence-corrected chi connectivity index (χ2v) is 7.41. The number of nitriles is 1. The summed E-state index contributed by atoms with van der Waals surface area (Å²) in [4.78, 5) is 0. The summed E-state index contributed by atoms with van der Waals surface area (Å²) >= 11 is 5.33. The quantitative estimate of drug-likeness (QED) is 0.805. The first kappa shape index (κ1) is 16.5. The number of nitrogens with zero attached hydrogens (tertiary/aromatic N) is 1. The molecule has 0 unspecified atom stereocenters. The van der Waals surface area contributed by atoms with Crippen molar-refractivity contribution in [2.75, 3.05) is 0 Å². The number of nitrogens with one attached hydrogen (secondary N) is 2. The molecular formula is C18H23N3S. The van der Waals surface area contributed by atoms with E-state index in [1.54, 1.807) is 0 Å². The van der Waals surface area contributed by atoms with Gasteiger partial charge in [-0.25, -0.2) is 0 Å². The Bertz CT molecular complexity index is 642. The van der Waals surface area contributed by atoms with Gasteiger partial charge in [0.05, 0.1) is 17.7 Å². The summed E-state index contributed by atoms with van der Waals surface area (Å²) in [6.07, 6.45) is 0. The van der Waals surface area contributed by atoms with E-state index in [-0.39, 0.29) is 11.5 Å². The lowest BCUT2D eigenvalue weighted by atomic mass is 9.84. The van der Waals surface area contributed by atoms with Crippen LogP contribution in [0, 0.1) is 16.7 Å². The van der Waals surface area contributed by atoms with Crippen LogP contribution in [0.4, 0.5) is 0 Å². The normalized spacial score (nSPS) is 18.8. The molecule has 2 rings (SSSR count). The molecule has 1 heterocycles. The molecule has 3 nitrogen and oxygen atoms in total. The van der Waals surface area contributed by atoms with Crippen LogP contribution in [0.25, 0.3) is 0 Å². The third-order valence-corrected chi connectivity index (χ3v) is 4.10. The van der Waals surface area contributed by atoms with E-state index in [9.17, 15) is 5.26 Å². The Labute approximate surface area is 138 Å². The number of allylic oxidation sites excluding steroid dienone is 1. The Balaban J connectivity index is 2.48. The van der Waals surface area contributed by atoms with Crippen LogP contribution in [-0.2, 0) is 0 Å². The maximum atomic E-state index is 9.65. The van der Waals surface area contributed by atoms with Crippen LogP contribution < -0.4 is 10.6 Å². The number of benzene rings is 1. The van der Waals surface area contributed by atoms with E-state index >= 15 is 0 Å². The summed E-state index contributed by atoms with van der Waals surface area (Å²) in [6, 6.07) is 10.6. The van der Waals surface area contributed by atoms with Crippen LogP contribution in [0.1, 0.15) is 57.7 Å². The minimum atomic E-state index is -0.186. The lowest BCUT2D eigenvalue weighted by Crippen LogP contribution is -2.46. The second kappa shape index (κ2) is 6.10. The molecular weight excluding hydrogens is 290 g/mol. The lowest BCUT2D eigenvalue weighted by Gasteiger charge is -2.35. The van der Waals surface area contributed by atoms with Gasteiger partial charge in [0.1, 0.15) is 0 Å². The fourth-order valence-corrected chi connectivity index (χ4v) is 2.82. The number of rotatable bonds is 2. The molecule has 2 N–H and O–H groups in total. The molecule has 0 radical (unpaired) electrons. The first-order chi connectivity index (χ1) is 10.2. The van der Waals surface area contributed by atoms with Gasteiger partial charge in [0.25, 0.3) is 0 Å². The Morgan fingerprint density at radius 1 is 1.18 bits per heavy atom. The van der Waals surface area contributed by atoms with Crippen LogP contribution in [0.5, 0.6) is 0 Å².